The third-order valence-corrected chi connectivity index (χ3v) is 3.23. The standard InChI is InChI=1S/C14H13ClN4O3/c1-20-10-5-8-9(6-11(10)21-2)18-14(15)19-13(8)17-7-12-16-3-4-22-12/h3-6H,7H2,1-2H3,(H,17,18,19). The molecule has 0 fully saturated rings. The normalized spacial score (nSPS) is 10.7. The van der Waals surface area contributed by atoms with Crippen LogP contribution in [0.3, 0.4) is 0 Å². The molecule has 8 heteroatoms. The summed E-state index contributed by atoms with van der Waals surface area (Å²) in [6.07, 6.45) is 3.09. The summed E-state index contributed by atoms with van der Waals surface area (Å²) in [6.45, 7) is 0.379. The highest BCUT2D eigenvalue weighted by Crippen LogP contribution is 2.34. The lowest BCUT2D eigenvalue weighted by atomic mass is 10.2. The first-order chi connectivity index (χ1) is 10.7. The van der Waals surface area contributed by atoms with E-state index in [1.54, 1.807) is 32.5 Å². The number of oxazole rings is 1. The van der Waals surface area contributed by atoms with Crippen LogP contribution in [0.4, 0.5) is 5.82 Å². The van der Waals surface area contributed by atoms with Crippen molar-refractivity contribution < 1.29 is 13.9 Å². The van der Waals surface area contributed by atoms with Crippen LogP contribution in [0.2, 0.25) is 5.28 Å². The molecule has 1 aromatic carbocycles. The number of hydrogen-bond donors (Lipinski definition) is 1. The van der Waals surface area contributed by atoms with Gasteiger partial charge in [0.15, 0.2) is 11.5 Å². The number of nitrogens with zero attached hydrogens (tertiary/aromatic N) is 3. The molecule has 0 radical (unpaired) electrons. The number of methoxy groups -OCH3 is 2. The zero-order valence-electron chi connectivity index (χ0n) is 12.0. The summed E-state index contributed by atoms with van der Waals surface area (Å²) in [5, 5.41) is 4.02. The Morgan fingerprint density at radius 2 is 1.95 bits per heavy atom. The van der Waals surface area contributed by atoms with Gasteiger partial charge in [0.1, 0.15) is 12.1 Å². The summed E-state index contributed by atoms with van der Waals surface area (Å²) in [4.78, 5) is 12.5. The SMILES string of the molecule is COc1cc2nc(Cl)nc(NCc3ncco3)c2cc1OC. The Bertz CT molecular complexity index is 792. The molecule has 0 saturated carbocycles. The third-order valence-electron chi connectivity index (χ3n) is 3.06. The van der Waals surface area contributed by atoms with E-state index >= 15 is 0 Å². The van der Waals surface area contributed by atoms with Crippen molar-refractivity contribution in [2.75, 3.05) is 19.5 Å². The van der Waals surface area contributed by atoms with Gasteiger partial charge < -0.3 is 19.2 Å². The Balaban J connectivity index is 2.04. The maximum absolute atomic E-state index is 5.98. The number of halogens is 1. The summed E-state index contributed by atoms with van der Waals surface area (Å²) < 4.78 is 15.8. The van der Waals surface area contributed by atoms with Gasteiger partial charge in [-0.1, -0.05) is 0 Å². The molecule has 2 aromatic heterocycles. The number of rotatable bonds is 5. The second-order valence-corrected chi connectivity index (χ2v) is 4.68. The fourth-order valence-electron chi connectivity index (χ4n) is 2.06. The van der Waals surface area contributed by atoms with Gasteiger partial charge in [-0.2, -0.15) is 0 Å². The maximum Gasteiger partial charge on any atom is 0.224 e. The van der Waals surface area contributed by atoms with Crippen LogP contribution in [-0.4, -0.2) is 29.2 Å². The quantitative estimate of drug-likeness (QED) is 0.724. The molecule has 0 atom stereocenters. The summed E-state index contributed by atoms with van der Waals surface area (Å²) in [7, 11) is 3.13. The Morgan fingerprint density at radius 1 is 1.18 bits per heavy atom. The van der Waals surface area contributed by atoms with Crippen molar-refractivity contribution in [3.63, 3.8) is 0 Å². The van der Waals surface area contributed by atoms with E-state index in [1.165, 1.54) is 6.26 Å². The van der Waals surface area contributed by atoms with E-state index in [1.807, 2.05) is 0 Å². The summed E-state index contributed by atoms with van der Waals surface area (Å²) in [5.41, 5.74) is 0.646. The van der Waals surface area contributed by atoms with Gasteiger partial charge in [-0.15, -0.1) is 0 Å². The fourth-order valence-corrected chi connectivity index (χ4v) is 2.24. The van der Waals surface area contributed by atoms with Crippen molar-refractivity contribution in [2.24, 2.45) is 0 Å². The summed E-state index contributed by atoms with van der Waals surface area (Å²) in [5.74, 6) is 2.26. The largest absolute Gasteiger partial charge is 0.493 e. The number of anilines is 1. The number of hydrogen-bond acceptors (Lipinski definition) is 7. The molecule has 3 aromatic rings. The molecule has 0 aliphatic heterocycles. The van der Waals surface area contributed by atoms with Crippen LogP contribution in [0.1, 0.15) is 5.89 Å². The van der Waals surface area contributed by atoms with Gasteiger partial charge in [0, 0.05) is 11.5 Å². The minimum absolute atomic E-state index is 0.134. The number of nitrogens with one attached hydrogen (secondary N) is 1. The van der Waals surface area contributed by atoms with E-state index in [9.17, 15) is 0 Å². The second-order valence-electron chi connectivity index (χ2n) is 4.34. The Labute approximate surface area is 131 Å². The highest BCUT2D eigenvalue weighted by molar-refractivity contribution is 6.28. The molecule has 2 heterocycles. The van der Waals surface area contributed by atoms with Gasteiger partial charge >= 0.3 is 0 Å². The van der Waals surface area contributed by atoms with Crippen molar-refractivity contribution in [1.29, 1.82) is 0 Å². The average Bonchev–Trinajstić information content (AvgIpc) is 3.04. The molecule has 0 saturated heterocycles. The number of benzene rings is 1. The molecule has 0 aliphatic carbocycles. The van der Waals surface area contributed by atoms with Gasteiger partial charge in [0.25, 0.3) is 0 Å². The molecular formula is C14H13ClN4O3. The number of ether oxygens (including phenoxy) is 2. The minimum Gasteiger partial charge on any atom is -0.493 e. The average molecular weight is 321 g/mol. The van der Waals surface area contributed by atoms with E-state index in [0.29, 0.717) is 35.3 Å². The number of aromatic nitrogens is 3. The lowest BCUT2D eigenvalue weighted by molar-refractivity contribution is 0.356. The van der Waals surface area contributed by atoms with Gasteiger partial charge in [0.2, 0.25) is 11.2 Å². The zero-order valence-corrected chi connectivity index (χ0v) is 12.7. The summed E-state index contributed by atoms with van der Waals surface area (Å²) in [6, 6.07) is 3.54. The van der Waals surface area contributed by atoms with Gasteiger partial charge in [0.05, 0.1) is 32.5 Å². The van der Waals surface area contributed by atoms with Gasteiger partial charge in [-0.05, 0) is 17.7 Å². The molecule has 0 bridgehead atoms. The second kappa shape index (κ2) is 6.07. The molecule has 0 spiro atoms. The van der Waals surface area contributed by atoms with Crippen LogP contribution in [-0.2, 0) is 6.54 Å². The molecule has 7 nitrogen and oxygen atoms in total. The van der Waals surface area contributed by atoms with Crippen LogP contribution in [0.5, 0.6) is 11.5 Å². The molecule has 114 valence electrons. The predicted octanol–water partition coefficient (Wildman–Crippen LogP) is 2.90. The highest BCUT2D eigenvalue weighted by Gasteiger charge is 2.13. The zero-order chi connectivity index (χ0) is 15.5. The van der Waals surface area contributed by atoms with Crippen LogP contribution in [0.15, 0.2) is 29.0 Å². The molecule has 22 heavy (non-hydrogen) atoms. The molecular weight excluding hydrogens is 308 g/mol. The Hall–Kier alpha value is -2.54. The summed E-state index contributed by atoms with van der Waals surface area (Å²) >= 11 is 5.98. The van der Waals surface area contributed by atoms with Gasteiger partial charge in [-0.3, -0.25) is 0 Å². The van der Waals surface area contributed by atoms with E-state index in [-0.39, 0.29) is 5.28 Å². The fraction of sp³-hybridized carbons (Fsp3) is 0.214. The monoisotopic (exact) mass is 320 g/mol. The molecule has 1 N–H and O–H groups in total. The van der Waals surface area contributed by atoms with E-state index in [4.69, 9.17) is 25.5 Å². The topological polar surface area (TPSA) is 82.3 Å². The van der Waals surface area contributed by atoms with Crippen molar-refractivity contribution >= 4 is 28.3 Å². The predicted molar refractivity (Wildman–Crippen MR) is 81.5 cm³/mol. The Morgan fingerprint density at radius 3 is 2.64 bits per heavy atom. The maximum atomic E-state index is 5.98. The molecule has 0 amide bonds. The minimum atomic E-state index is 0.134. The van der Waals surface area contributed by atoms with Gasteiger partial charge in [-0.25, -0.2) is 15.0 Å². The highest BCUT2D eigenvalue weighted by atomic mass is 35.5. The smallest absolute Gasteiger partial charge is 0.224 e. The lowest BCUT2D eigenvalue weighted by Gasteiger charge is -2.12. The third kappa shape index (κ3) is 2.75. The van der Waals surface area contributed by atoms with Crippen LogP contribution < -0.4 is 14.8 Å². The van der Waals surface area contributed by atoms with Crippen LogP contribution in [0, 0.1) is 0 Å². The first-order valence-corrected chi connectivity index (χ1v) is 6.80. The van der Waals surface area contributed by atoms with Crippen LogP contribution >= 0.6 is 11.6 Å². The van der Waals surface area contributed by atoms with E-state index < -0.39 is 0 Å². The molecule has 0 aliphatic rings. The molecule has 0 unspecified atom stereocenters. The van der Waals surface area contributed by atoms with E-state index in [2.05, 4.69) is 20.3 Å². The Kier molecular flexibility index (Phi) is 3.97. The van der Waals surface area contributed by atoms with Crippen molar-refractivity contribution in [2.45, 2.75) is 6.54 Å². The first kappa shape index (κ1) is 14.4. The van der Waals surface area contributed by atoms with Crippen molar-refractivity contribution in [1.82, 2.24) is 15.0 Å². The van der Waals surface area contributed by atoms with Crippen LogP contribution in [0.25, 0.3) is 10.9 Å². The van der Waals surface area contributed by atoms with Crippen molar-refractivity contribution in [3.05, 3.63) is 35.8 Å². The first-order valence-electron chi connectivity index (χ1n) is 6.42. The van der Waals surface area contributed by atoms with Crippen molar-refractivity contribution in [3.8, 4) is 11.5 Å². The lowest BCUT2D eigenvalue weighted by Crippen LogP contribution is -2.04. The van der Waals surface area contributed by atoms with E-state index in [0.717, 1.165) is 5.39 Å². The molecule has 3 rings (SSSR count). The number of fused-ring (bicyclic) bond motifs is 1.